The molecule has 192 valence electrons. The van der Waals surface area contributed by atoms with Crippen LogP contribution >= 0.6 is 0 Å². The van der Waals surface area contributed by atoms with E-state index in [2.05, 4.69) is 11.9 Å². The van der Waals surface area contributed by atoms with Crippen LogP contribution in [0.2, 0.25) is 0 Å². The van der Waals surface area contributed by atoms with Gasteiger partial charge in [0.2, 0.25) is 0 Å². The fourth-order valence-electron chi connectivity index (χ4n) is 4.52. The number of Topliss-reactive ketones (excluding diaryl/α,β-unsaturated/α-hetero) is 1. The van der Waals surface area contributed by atoms with E-state index in [1.807, 2.05) is 36.4 Å². The van der Waals surface area contributed by atoms with Crippen molar-refractivity contribution in [1.29, 1.82) is 0 Å². The molecule has 1 N–H and O–H groups in total. The van der Waals surface area contributed by atoms with Crippen molar-refractivity contribution in [2.45, 2.75) is 38.6 Å². The number of ether oxygens (including phenoxy) is 2. The molecular weight excluding hydrogens is 468 g/mol. The van der Waals surface area contributed by atoms with E-state index in [0.717, 1.165) is 24.8 Å². The van der Waals surface area contributed by atoms with Gasteiger partial charge in [-0.15, -0.1) is 0 Å². The van der Waals surface area contributed by atoms with Gasteiger partial charge < -0.3 is 19.5 Å². The third-order valence-corrected chi connectivity index (χ3v) is 6.49. The summed E-state index contributed by atoms with van der Waals surface area (Å²) in [5.41, 5.74) is 2.16. The number of methoxy groups -OCH3 is 1. The van der Waals surface area contributed by atoms with Crippen molar-refractivity contribution >= 4 is 17.4 Å². The molecule has 0 saturated carbocycles. The molecule has 1 aromatic heterocycles. The number of aliphatic hydroxyl groups excluding tert-OH is 1. The number of rotatable bonds is 11. The van der Waals surface area contributed by atoms with Gasteiger partial charge in [0.1, 0.15) is 5.76 Å². The average Bonchev–Trinajstić information content (AvgIpc) is 3.19. The second-order valence-corrected chi connectivity index (χ2v) is 8.93. The zero-order valence-electron chi connectivity index (χ0n) is 21.2. The summed E-state index contributed by atoms with van der Waals surface area (Å²) in [6.07, 6.45) is 6.73. The zero-order valence-corrected chi connectivity index (χ0v) is 21.2. The highest BCUT2D eigenvalue weighted by molar-refractivity contribution is 6.46. The molecule has 2 heterocycles. The first-order chi connectivity index (χ1) is 18.0. The first-order valence-electron chi connectivity index (χ1n) is 12.6. The molecule has 7 nitrogen and oxygen atoms in total. The van der Waals surface area contributed by atoms with Crippen LogP contribution in [0.4, 0.5) is 0 Å². The summed E-state index contributed by atoms with van der Waals surface area (Å²) in [7, 11) is 1.56. The van der Waals surface area contributed by atoms with Gasteiger partial charge in [0, 0.05) is 24.5 Å². The van der Waals surface area contributed by atoms with E-state index in [1.165, 1.54) is 17.3 Å². The van der Waals surface area contributed by atoms with E-state index in [9.17, 15) is 14.7 Å². The van der Waals surface area contributed by atoms with Crippen molar-refractivity contribution in [1.82, 2.24) is 9.88 Å². The van der Waals surface area contributed by atoms with E-state index < -0.39 is 17.7 Å². The predicted octanol–water partition coefficient (Wildman–Crippen LogP) is 5.32. The molecule has 0 spiro atoms. The maximum atomic E-state index is 13.3. The number of nitrogens with zero attached hydrogens (tertiary/aromatic N) is 2. The highest BCUT2D eigenvalue weighted by atomic mass is 16.5. The number of amides is 1. The lowest BCUT2D eigenvalue weighted by molar-refractivity contribution is -0.139. The lowest BCUT2D eigenvalue weighted by Crippen LogP contribution is -2.31. The molecule has 7 heteroatoms. The smallest absolute Gasteiger partial charge is 0.295 e. The van der Waals surface area contributed by atoms with E-state index >= 15 is 0 Å². The third kappa shape index (κ3) is 5.82. The maximum Gasteiger partial charge on any atom is 0.295 e. The summed E-state index contributed by atoms with van der Waals surface area (Å²) in [4.78, 5) is 32.0. The van der Waals surface area contributed by atoms with Crippen LogP contribution in [0.1, 0.15) is 48.9 Å². The monoisotopic (exact) mass is 500 g/mol. The van der Waals surface area contributed by atoms with E-state index in [0.29, 0.717) is 42.2 Å². The van der Waals surface area contributed by atoms with Gasteiger partial charge in [-0.2, -0.15) is 0 Å². The van der Waals surface area contributed by atoms with E-state index in [1.54, 1.807) is 31.4 Å². The lowest BCUT2D eigenvalue weighted by atomic mass is 9.95. The Morgan fingerprint density at radius 1 is 1.00 bits per heavy atom. The molecule has 0 bridgehead atoms. The highest BCUT2D eigenvalue weighted by Gasteiger charge is 2.46. The predicted molar refractivity (Wildman–Crippen MR) is 141 cm³/mol. The van der Waals surface area contributed by atoms with Crippen LogP contribution in [0.3, 0.4) is 0 Å². The second-order valence-electron chi connectivity index (χ2n) is 8.93. The Kier molecular flexibility index (Phi) is 8.56. The Hall–Kier alpha value is -4.13. The van der Waals surface area contributed by atoms with Crippen LogP contribution in [0.25, 0.3) is 5.76 Å². The van der Waals surface area contributed by atoms with Crippen molar-refractivity contribution in [3.05, 3.63) is 95.3 Å². The van der Waals surface area contributed by atoms with Crippen LogP contribution in [0.5, 0.6) is 11.5 Å². The van der Waals surface area contributed by atoms with Gasteiger partial charge in [-0.25, -0.2) is 0 Å². The largest absolute Gasteiger partial charge is 0.507 e. The van der Waals surface area contributed by atoms with Crippen LogP contribution in [0.15, 0.2) is 78.6 Å². The van der Waals surface area contributed by atoms with Crippen molar-refractivity contribution in [2.75, 3.05) is 20.3 Å². The first kappa shape index (κ1) is 25.9. The molecule has 2 aromatic carbocycles. The summed E-state index contributed by atoms with van der Waals surface area (Å²) in [6, 6.07) is 17.6. The topological polar surface area (TPSA) is 89.0 Å². The number of ketones is 1. The SMILES string of the molecule is CCCCCOc1ccc(C2C(=C(O)c3ccncc3)C(=O)C(=O)N2CCc2ccccc2)cc1OC. The molecular formula is C30H32N2O5. The first-order valence-corrected chi connectivity index (χ1v) is 12.6. The molecule has 1 aliphatic rings. The van der Waals surface area contributed by atoms with Gasteiger partial charge in [-0.1, -0.05) is 56.2 Å². The third-order valence-electron chi connectivity index (χ3n) is 6.49. The van der Waals surface area contributed by atoms with Gasteiger partial charge in [0.25, 0.3) is 11.7 Å². The fraction of sp³-hybridized carbons (Fsp3) is 0.300. The molecule has 1 unspecified atom stereocenters. The lowest BCUT2D eigenvalue weighted by Gasteiger charge is -2.26. The Balaban J connectivity index is 1.73. The number of unbranched alkanes of at least 4 members (excludes halogenated alkanes) is 2. The average molecular weight is 501 g/mol. The minimum Gasteiger partial charge on any atom is -0.507 e. The van der Waals surface area contributed by atoms with Crippen molar-refractivity contribution in [3.8, 4) is 11.5 Å². The number of aromatic nitrogens is 1. The van der Waals surface area contributed by atoms with Gasteiger partial charge in [-0.05, 0) is 48.2 Å². The number of carbonyl (C=O) groups excluding carboxylic acids is 2. The number of carbonyl (C=O) groups is 2. The second kappa shape index (κ2) is 12.2. The molecule has 1 fully saturated rings. The summed E-state index contributed by atoms with van der Waals surface area (Å²) < 4.78 is 11.5. The number of hydrogen-bond donors (Lipinski definition) is 1. The summed E-state index contributed by atoms with van der Waals surface area (Å²) in [6.45, 7) is 3.01. The number of benzene rings is 2. The molecule has 1 saturated heterocycles. The minimum atomic E-state index is -0.778. The molecule has 1 amide bonds. The highest BCUT2D eigenvalue weighted by Crippen LogP contribution is 2.42. The molecule has 37 heavy (non-hydrogen) atoms. The van der Waals surface area contributed by atoms with E-state index in [4.69, 9.17) is 9.47 Å². The normalized spacial score (nSPS) is 16.7. The summed E-state index contributed by atoms with van der Waals surface area (Å²) >= 11 is 0. The number of likely N-dealkylation sites (tertiary alicyclic amines) is 1. The van der Waals surface area contributed by atoms with Gasteiger partial charge in [0.05, 0.1) is 25.3 Å². The molecule has 1 atom stereocenters. The number of pyridine rings is 1. The molecule has 1 aliphatic heterocycles. The van der Waals surface area contributed by atoms with Crippen molar-refractivity contribution in [3.63, 3.8) is 0 Å². The van der Waals surface area contributed by atoms with Gasteiger partial charge in [0.15, 0.2) is 11.5 Å². The Morgan fingerprint density at radius 3 is 2.46 bits per heavy atom. The quantitative estimate of drug-likeness (QED) is 0.166. The maximum absolute atomic E-state index is 13.3. The molecule has 0 radical (unpaired) electrons. The number of aliphatic hydroxyl groups is 1. The van der Waals surface area contributed by atoms with Crippen LogP contribution in [-0.4, -0.2) is 46.9 Å². The Morgan fingerprint density at radius 2 is 1.76 bits per heavy atom. The Bertz CT molecular complexity index is 1260. The molecule has 4 rings (SSSR count). The van der Waals surface area contributed by atoms with Crippen LogP contribution in [0, 0.1) is 0 Å². The van der Waals surface area contributed by atoms with Crippen molar-refractivity contribution < 1.29 is 24.2 Å². The zero-order chi connectivity index (χ0) is 26.2. The van der Waals surface area contributed by atoms with E-state index in [-0.39, 0.29) is 11.3 Å². The standard InChI is InChI=1S/C30H32N2O5/c1-3-4-8-19-37-24-12-11-23(20-25(24)36-2)27-26(28(33)22-13-16-31-17-14-22)29(34)30(35)32(27)18-15-21-9-6-5-7-10-21/h5-7,9-14,16-17,20,27,33H,3-4,8,15,18-19H2,1-2H3. The number of hydrogen-bond acceptors (Lipinski definition) is 6. The van der Waals surface area contributed by atoms with Gasteiger partial charge >= 0.3 is 0 Å². The summed E-state index contributed by atoms with van der Waals surface area (Å²) in [5.74, 6) is -0.488. The van der Waals surface area contributed by atoms with Crippen LogP contribution < -0.4 is 9.47 Å². The minimum absolute atomic E-state index is 0.0444. The fourth-order valence-corrected chi connectivity index (χ4v) is 4.52. The Labute approximate surface area is 217 Å². The van der Waals surface area contributed by atoms with Crippen molar-refractivity contribution in [2.24, 2.45) is 0 Å². The van der Waals surface area contributed by atoms with Gasteiger partial charge in [-0.3, -0.25) is 14.6 Å². The summed E-state index contributed by atoms with van der Waals surface area (Å²) in [5, 5.41) is 11.2. The molecule has 3 aromatic rings. The van der Waals surface area contributed by atoms with Crippen LogP contribution in [-0.2, 0) is 16.0 Å². The molecule has 0 aliphatic carbocycles.